The molecule has 30 heavy (non-hydrogen) atoms. The van der Waals surface area contributed by atoms with Crippen LogP contribution in [-0.4, -0.2) is 39.9 Å². The topological polar surface area (TPSA) is 98.7 Å². The molecule has 0 aromatic heterocycles. The molecule has 0 bridgehead atoms. The molecule has 0 unspecified atom stereocenters. The Morgan fingerprint density at radius 1 is 0.933 bits per heavy atom. The molecule has 4 rings (SSSR count). The van der Waals surface area contributed by atoms with Gasteiger partial charge in [-0.25, -0.2) is 18.4 Å². The highest BCUT2D eigenvalue weighted by Gasteiger charge is 2.58. The molecule has 2 aliphatic carbocycles. The van der Waals surface area contributed by atoms with Gasteiger partial charge in [-0.15, -0.1) is 0 Å². The van der Waals surface area contributed by atoms with Crippen LogP contribution >= 0.6 is 0 Å². The average molecular weight is 416 g/mol. The molecule has 1 fully saturated rings. The maximum atomic E-state index is 14.9. The summed E-state index contributed by atoms with van der Waals surface area (Å²) in [5.41, 5.74) is 2.16. The number of rotatable bonds is 4. The minimum atomic E-state index is -3.38. The van der Waals surface area contributed by atoms with Crippen molar-refractivity contribution >= 4 is 12.2 Å². The van der Waals surface area contributed by atoms with Crippen molar-refractivity contribution in [2.24, 2.45) is 0 Å². The second-order valence-corrected chi connectivity index (χ2v) is 8.01. The Morgan fingerprint density at radius 2 is 1.50 bits per heavy atom. The number of hydrogen-bond donors (Lipinski definition) is 4. The molecule has 8 heteroatoms. The molecule has 0 aliphatic heterocycles. The summed E-state index contributed by atoms with van der Waals surface area (Å²) in [6.07, 6.45) is -3.34. The van der Waals surface area contributed by atoms with Crippen molar-refractivity contribution in [3.05, 3.63) is 59.7 Å². The van der Waals surface area contributed by atoms with E-state index in [0.717, 1.165) is 22.3 Å². The third-order valence-electron chi connectivity index (χ3n) is 6.26. The van der Waals surface area contributed by atoms with Crippen LogP contribution in [-0.2, 0) is 0 Å². The normalized spacial score (nSPS) is 24.5. The van der Waals surface area contributed by atoms with Crippen molar-refractivity contribution in [1.29, 1.82) is 0 Å². The molecule has 0 spiro atoms. The highest BCUT2D eigenvalue weighted by molar-refractivity contribution is 5.79. The third-order valence-corrected chi connectivity index (χ3v) is 6.26. The van der Waals surface area contributed by atoms with Crippen LogP contribution in [0.4, 0.5) is 18.4 Å². The van der Waals surface area contributed by atoms with Crippen LogP contribution < -0.4 is 10.6 Å². The zero-order valence-electron chi connectivity index (χ0n) is 16.1. The second kappa shape index (κ2) is 7.27. The molecular formula is C22H22F2N2O4. The predicted molar refractivity (Wildman–Crippen MR) is 106 cm³/mol. The number of carbonyl (C=O) groups is 2. The van der Waals surface area contributed by atoms with Gasteiger partial charge in [0.25, 0.3) is 5.92 Å². The molecule has 2 atom stereocenters. The van der Waals surface area contributed by atoms with Crippen LogP contribution in [0.1, 0.15) is 42.7 Å². The van der Waals surface area contributed by atoms with Gasteiger partial charge in [0.15, 0.2) is 0 Å². The van der Waals surface area contributed by atoms with Gasteiger partial charge in [0, 0.05) is 12.3 Å². The largest absolute Gasteiger partial charge is 0.465 e. The average Bonchev–Trinajstić information content (AvgIpc) is 2.98. The SMILES string of the molecule is O=C(O)N[C@H]1C(F)(F)CCC[C@@]1(CC1c2ccccc2-c2ccccc21)NC(=O)O. The third kappa shape index (κ3) is 3.36. The van der Waals surface area contributed by atoms with Gasteiger partial charge in [0.2, 0.25) is 0 Å². The van der Waals surface area contributed by atoms with Gasteiger partial charge in [0.1, 0.15) is 6.04 Å². The number of benzene rings is 2. The van der Waals surface area contributed by atoms with E-state index in [0.29, 0.717) is 0 Å². The lowest BCUT2D eigenvalue weighted by Crippen LogP contribution is -2.70. The number of alkyl halides is 2. The van der Waals surface area contributed by atoms with Crippen molar-refractivity contribution < 1.29 is 28.6 Å². The molecule has 4 N–H and O–H groups in total. The fourth-order valence-electron chi connectivity index (χ4n) is 5.16. The predicted octanol–water partition coefficient (Wildman–Crippen LogP) is 4.65. The molecule has 2 aliphatic rings. The van der Waals surface area contributed by atoms with Crippen molar-refractivity contribution in [3.8, 4) is 11.1 Å². The molecular weight excluding hydrogens is 394 g/mol. The van der Waals surface area contributed by atoms with E-state index in [2.05, 4.69) is 5.32 Å². The number of halogens is 2. The highest BCUT2D eigenvalue weighted by Crippen LogP contribution is 2.51. The summed E-state index contributed by atoms with van der Waals surface area (Å²) in [4.78, 5) is 23.0. The number of nitrogens with one attached hydrogen (secondary N) is 2. The minimum Gasteiger partial charge on any atom is -0.465 e. The smallest absolute Gasteiger partial charge is 0.405 e. The van der Waals surface area contributed by atoms with Crippen LogP contribution in [0.2, 0.25) is 0 Å². The van der Waals surface area contributed by atoms with E-state index in [1.165, 1.54) is 0 Å². The van der Waals surface area contributed by atoms with E-state index in [-0.39, 0.29) is 25.2 Å². The summed E-state index contributed by atoms with van der Waals surface area (Å²) in [6, 6.07) is 13.4. The second-order valence-electron chi connectivity index (χ2n) is 8.01. The summed E-state index contributed by atoms with van der Waals surface area (Å²) < 4.78 is 29.8. The van der Waals surface area contributed by atoms with Gasteiger partial charge in [0.05, 0.1) is 5.54 Å². The summed E-state index contributed by atoms with van der Waals surface area (Å²) in [5, 5.41) is 22.9. The summed E-state index contributed by atoms with van der Waals surface area (Å²) in [7, 11) is 0. The van der Waals surface area contributed by atoms with Crippen LogP contribution in [0.5, 0.6) is 0 Å². The van der Waals surface area contributed by atoms with Crippen LogP contribution in [0.25, 0.3) is 11.1 Å². The van der Waals surface area contributed by atoms with Gasteiger partial charge >= 0.3 is 12.2 Å². The number of carboxylic acid groups (broad SMARTS) is 2. The molecule has 2 aromatic carbocycles. The monoisotopic (exact) mass is 416 g/mol. The Kier molecular flexibility index (Phi) is 4.88. The summed E-state index contributed by atoms with van der Waals surface area (Å²) in [5.74, 6) is -3.72. The van der Waals surface area contributed by atoms with E-state index in [1.54, 1.807) is 0 Å². The van der Waals surface area contributed by atoms with Gasteiger partial charge in [-0.05, 0) is 41.5 Å². The summed E-state index contributed by atoms with van der Waals surface area (Å²) >= 11 is 0. The van der Waals surface area contributed by atoms with Crippen molar-refractivity contribution in [2.45, 2.75) is 49.1 Å². The van der Waals surface area contributed by atoms with Crippen LogP contribution in [0.15, 0.2) is 48.5 Å². The lowest BCUT2D eigenvalue weighted by atomic mass is 9.69. The first-order valence-corrected chi connectivity index (χ1v) is 9.80. The number of hydrogen-bond acceptors (Lipinski definition) is 2. The quantitative estimate of drug-likeness (QED) is 0.583. The zero-order valence-corrected chi connectivity index (χ0v) is 16.1. The van der Waals surface area contributed by atoms with E-state index in [4.69, 9.17) is 0 Å². The van der Waals surface area contributed by atoms with Gasteiger partial charge in [-0.2, -0.15) is 0 Å². The molecule has 6 nitrogen and oxygen atoms in total. The highest BCUT2D eigenvalue weighted by atomic mass is 19.3. The first-order valence-electron chi connectivity index (χ1n) is 9.80. The standard InChI is InChI=1S/C22H22F2N2O4/c23-22(24)11-5-10-21(26-20(29)30,18(22)25-19(27)28)12-17-15-8-3-1-6-13(15)14-7-2-4-9-16(14)17/h1-4,6-9,17-18,25-26H,5,10-12H2,(H,27,28)(H,29,30)/t18-,21+/m1/s1. The van der Waals surface area contributed by atoms with Crippen LogP contribution in [0.3, 0.4) is 0 Å². The van der Waals surface area contributed by atoms with Gasteiger partial charge < -0.3 is 20.8 Å². The molecule has 158 valence electrons. The van der Waals surface area contributed by atoms with E-state index < -0.39 is 36.1 Å². The lowest BCUT2D eigenvalue weighted by molar-refractivity contribution is -0.0979. The Bertz CT molecular complexity index is 951. The number of fused-ring (bicyclic) bond motifs is 3. The molecule has 2 amide bonds. The zero-order chi connectivity index (χ0) is 21.5. The minimum absolute atomic E-state index is 0.0217. The Labute approximate surface area is 171 Å². The van der Waals surface area contributed by atoms with Gasteiger partial charge in [-0.1, -0.05) is 48.5 Å². The molecule has 0 radical (unpaired) electrons. The van der Waals surface area contributed by atoms with Gasteiger partial charge in [-0.3, -0.25) is 0 Å². The fourth-order valence-corrected chi connectivity index (χ4v) is 5.16. The van der Waals surface area contributed by atoms with E-state index in [1.807, 2.05) is 53.8 Å². The van der Waals surface area contributed by atoms with E-state index in [9.17, 15) is 28.6 Å². The molecule has 0 saturated heterocycles. The van der Waals surface area contributed by atoms with Crippen molar-refractivity contribution in [1.82, 2.24) is 10.6 Å². The maximum Gasteiger partial charge on any atom is 0.405 e. The summed E-state index contributed by atoms with van der Waals surface area (Å²) in [6.45, 7) is 0. The first kappa shape index (κ1) is 20.1. The van der Waals surface area contributed by atoms with Crippen molar-refractivity contribution in [3.63, 3.8) is 0 Å². The molecule has 2 aromatic rings. The Morgan fingerprint density at radius 3 is 2.03 bits per heavy atom. The number of amides is 2. The first-order chi connectivity index (χ1) is 14.2. The Balaban J connectivity index is 1.82. The molecule has 0 heterocycles. The maximum absolute atomic E-state index is 14.9. The molecule has 1 saturated carbocycles. The van der Waals surface area contributed by atoms with Crippen molar-refractivity contribution in [2.75, 3.05) is 0 Å². The van der Waals surface area contributed by atoms with E-state index >= 15 is 0 Å². The van der Waals surface area contributed by atoms with Crippen LogP contribution in [0, 0.1) is 0 Å². The fraction of sp³-hybridized carbons (Fsp3) is 0.364. The lowest BCUT2D eigenvalue weighted by Gasteiger charge is -2.48. The Hall–Kier alpha value is -3.16.